The Morgan fingerprint density at radius 3 is 2.25 bits per heavy atom. The Balaban J connectivity index is 1.56. The number of Topliss-reactive ketones (excluding diaryl/α,β-unsaturated/α-hetero) is 3. The summed E-state index contributed by atoms with van der Waals surface area (Å²) in [5.41, 5.74) is 2.02. The highest BCUT2D eigenvalue weighted by Gasteiger charge is 2.71. The summed E-state index contributed by atoms with van der Waals surface area (Å²) in [6.45, 7) is 0. The quantitative estimate of drug-likeness (QED) is 0.212. The molecule has 4 aromatic carbocycles. The van der Waals surface area contributed by atoms with Gasteiger partial charge in [0.1, 0.15) is 17.2 Å². The molecule has 4 aromatic rings. The topological polar surface area (TPSA) is 63.7 Å². The second-order valence-electron chi connectivity index (χ2n) is 10.4. The molecule has 0 unspecified atom stereocenters. The Morgan fingerprint density at radius 2 is 1.55 bits per heavy atom. The Kier molecular flexibility index (Phi) is 5.55. The zero-order valence-electron chi connectivity index (χ0n) is 21.6. The normalized spacial score (nSPS) is 21.8. The summed E-state index contributed by atoms with van der Waals surface area (Å²) in [5, 5.41) is 0.562. The van der Waals surface area contributed by atoms with E-state index in [-0.39, 0.29) is 17.3 Å². The standard InChI is InChI=1S/C34H24ClNO4/c1-40-24-11-7-10-22(19-24)29-30(31(37)20-8-3-2-4-9-20)36-27-16-15-23(35)18-21(27)14-17-28(36)34(29)32(38)25-12-5-6-13-26(25)33(34)39/h2-19,28-30H,1H3/t28-,29+,30-/m0/s1. The van der Waals surface area contributed by atoms with Crippen molar-refractivity contribution in [2.75, 3.05) is 12.0 Å². The van der Waals surface area contributed by atoms with E-state index in [2.05, 4.69) is 0 Å². The molecule has 2 heterocycles. The maximum Gasteiger partial charge on any atom is 0.185 e. The molecule has 3 aliphatic rings. The average molecular weight is 546 g/mol. The van der Waals surface area contributed by atoms with Crippen LogP contribution >= 0.6 is 11.6 Å². The molecular weight excluding hydrogens is 522 g/mol. The summed E-state index contributed by atoms with van der Waals surface area (Å²) < 4.78 is 5.55. The van der Waals surface area contributed by atoms with Crippen molar-refractivity contribution in [2.24, 2.45) is 5.41 Å². The van der Waals surface area contributed by atoms with Crippen LogP contribution in [0.25, 0.3) is 6.08 Å². The minimum Gasteiger partial charge on any atom is -0.497 e. The van der Waals surface area contributed by atoms with Crippen LogP contribution < -0.4 is 9.64 Å². The van der Waals surface area contributed by atoms with Crippen molar-refractivity contribution in [1.29, 1.82) is 0 Å². The van der Waals surface area contributed by atoms with Gasteiger partial charge < -0.3 is 9.64 Å². The van der Waals surface area contributed by atoms with Crippen LogP contribution in [0.5, 0.6) is 5.75 Å². The van der Waals surface area contributed by atoms with Crippen LogP contribution in [-0.4, -0.2) is 36.5 Å². The number of halogens is 1. The van der Waals surface area contributed by atoms with Gasteiger partial charge in [0.05, 0.1) is 13.2 Å². The highest BCUT2D eigenvalue weighted by molar-refractivity contribution is 6.32. The Morgan fingerprint density at radius 1 is 0.850 bits per heavy atom. The lowest BCUT2D eigenvalue weighted by molar-refractivity contribution is 0.0665. The molecule has 0 saturated carbocycles. The van der Waals surface area contributed by atoms with Crippen LogP contribution in [0, 0.1) is 5.41 Å². The van der Waals surface area contributed by atoms with Gasteiger partial charge in [-0.3, -0.25) is 14.4 Å². The van der Waals surface area contributed by atoms with E-state index in [1.165, 1.54) is 0 Å². The second kappa shape index (κ2) is 9.04. The molecule has 2 aliphatic heterocycles. The van der Waals surface area contributed by atoms with E-state index in [0.717, 1.165) is 11.3 Å². The maximum atomic E-state index is 14.7. The number of methoxy groups -OCH3 is 1. The molecule has 0 radical (unpaired) electrons. The van der Waals surface area contributed by atoms with Crippen molar-refractivity contribution < 1.29 is 19.1 Å². The Labute approximate surface area is 236 Å². The number of ketones is 3. The van der Waals surface area contributed by atoms with E-state index in [4.69, 9.17) is 16.3 Å². The number of hydrogen-bond donors (Lipinski definition) is 0. The van der Waals surface area contributed by atoms with Gasteiger partial charge in [0.2, 0.25) is 0 Å². The zero-order valence-corrected chi connectivity index (χ0v) is 22.3. The summed E-state index contributed by atoms with van der Waals surface area (Å²) in [4.78, 5) is 45.9. The SMILES string of the molecule is COc1cccc([C@@H]2[C@@H](C(=O)c3ccccc3)N3c4ccc(Cl)cc4C=C[C@H]3C23C(=O)c2ccccc2C3=O)c1. The molecule has 5 nitrogen and oxygen atoms in total. The second-order valence-corrected chi connectivity index (χ2v) is 10.9. The highest BCUT2D eigenvalue weighted by Crippen LogP contribution is 2.61. The summed E-state index contributed by atoms with van der Waals surface area (Å²) in [7, 11) is 1.57. The van der Waals surface area contributed by atoms with E-state index < -0.39 is 23.4 Å². The van der Waals surface area contributed by atoms with Gasteiger partial charge in [0.25, 0.3) is 0 Å². The first-order valence-corrected chi connectivity index (χ1v) is 13.5. The van der Waals surface area contributed by atoms with Gasteiger partial charge in [-0.15, -0.1) is 0 Å². The molecule has 7 rings (SSSR count). The van der Waals surface area contributed by atoms with Gasteiger partial charge in [-0.05, 0) is 41.5 Å². The molecule has 40 heavy (non-hydrogen) atoms. The number of anilines is 1. The smallest absolute Gasteiger partial charge is 0.185 e. The molecule has 196 valence electrons. The fraction of sp³-hybridized carbons (Fsp3) is 0.147. The van der Waals surface area contributed by atoms with Crippen LogP contribution in [0.15, 0.2) is 103 Å². The zero-order chi connectivity index (χ0) is 27.6. The van der Waals surface area contributed by atoms with E-state index in [1.807, 2.05) is 71.6 Å². The summed E-state index contributed by atoms with van der Waals surface area (Å²) in [6.07, 6.45) is 3.80. The van der Waals surface area contributed by atoms with E-state index in [1.54, 1.807) is 49.6 Å². The van der Waals surface area contributed by atoms with Gasteiger partial charge in [0.15, 0.2) is 17.3 Å². The fourth-order valence-corrected chi connectivity index (χ4v) is 7.11. The third kappa shape index (κ3) is 3.24. The summed E-state index contributed by atoms with van der Waals surface area (Å²) >= 11 is 6.36. The predicted molar refractivity (Wildman–Crippen MR) is 155 cm³/mol. The van der Waals surface area contributed by atoms with Crippen molar-refractivity contribution in [1.82, 2.24) is 0 Å². The number of rotatable bonds is 4. The van der Waals surface area contributed by atoms with Crippen molar-refractivity contribution >= 4 is 40.7 Å². The lowest BCUT2D eigenvalue weighted by Crippen LogP contribution is -2.48. The number of hydrogen-bond acceptors (Lipinski definition) is 5. The monoisotopic (exact) mass is 545 g/mol. The van der Waals surface area contributed by atoms with Crippen LogP contribution in [0.2, 0.25) is 5.02 Å². The number of benzene rings is 4. The molecule has 0 amide bonds. The minimum absolute atomic E-state index is 0.164. The minimum atomic E-state index is -1.56. The van der Waals surface area contributed by atoms with Gasteiger partial charge in [-0.1, -0.05) is 90.5 Å². The lowest BCUT2D eigenvalue weighted by Gasteiger charge is -2.37. The highest BCUT2D eigenvalue weighted by atomic mass is 35.5. The van der Waals surface area contributed by atoms with Crippen LogP contribution in [0.3, 0.4) is 0 Å². The average Bonchev–Trinajstić information content (AvgIpc) is 3.43. The molecule has 0 aromatic heterocycles. The summed E-state index contributed by atoms with van der Waals surface area (Å²) in [5.74, 6) is -0.897. The molecule has 1 saturated heterocycles. The Bertz CT molecular complexity index is 1710. The van der Waals surface area contributed by atoms with Crippen LogP contribution in [-0.2, 0) is 0 Å². The van der Waals surface area contributed by atoms with Gasteiger partial charge in [-0.2, -0.15) is 0 Å². The van der Waals surface area contributed by atoms with Crippen LogP contribution in [0.1, 0.15) is 48.1 Å². The molecule has 0 N–H and O–H groups in total. The van der Waals surface area contributed by atoms with Crippen molar-refractivity contribution in [3.63, 3.8) is 0 Å². The van der Waals surface area contributed by atoms with Gasteiger partial charge in [0, 0.05) is 33.3 Å². The third-order valence-electron chi connectivity index (χ3n) is 8.55. The first kappa shape index (κ1) is 24.6. The predicted octanol–water partition coefficient (Wildman–Crippen LogP) is 6.66. The van der Waals surface area contributed by atoms with Crippen molar-refractivity contribution in [3.05, 3.63) is 136 Å². The maximum absolute atomic E-state index is 14.7. The number of fused-ring (bicyclic) bond motifs is 5. The van der Waals surface area contributed by atoms with E-state index in [0.29, 0.717) is 33.0 Å². The molecule has 6 heteroatoms. The number of nitrogens with zero attached hydrogens (tertiary/aromatic N) is 1. The molecule has 3 atom stereocenters. The van der Waals surface area contributed by atoms with Crippen molar-refractivity contribution in [3.8, 4) is 5.75 Å². The third-order valence-corrected chi connectivity index (χ3v) is 8.78. The molecule has 1 fully saturated rings. The van der Waals surface area contributed by atoms with Crippen LogP contribution in [0.4, 0.5) is 5.69 Å². The lowest BCUT2D eigenvalue weighted by atomic mass is 9.64. The first-order chi connectivity index (χ1) is 19.5. The van der Waals surface area contributed by atoms with E-state index in [9.17, 15) is 14.4 Å². The van der Waals surface area contributed by atoms with Gasteiger partial charge >= 0.3 is 0 Å². The first-order valence-electron chi connectivity index (χ1n) is 13.1. The van der Waals surface area contributed by atoms with Gasteiger partial charge in [-0.25, -0.2) is 0 Å². The van der Waals surface area contributed by atoms with Crippen molar-refractivity contribution in [2.45, 2.75) is 18.0 Å². The number of ether oxygens (including phenoxy) is 1. The fourth-order valence-electron chi connectivity index (χ4n) is 6.93. The molecular formula is C34H24ClNO4. The number of carbonyl (C=O) groups is 3. The molecule has 0 bridgehead atoms. The molecule has 1 aliphatic carbocycles. The largest absolute Gasteiger partial charge is 0.497 e. The number of carbonyl (C=O) groups excluding carboxylic acids is 3. The molecule has 1 spiro atoms. The summed E-state index contributed by atoms with van der Waals surface area (Å²) in [6, 6.07) is 27.3. The Hall–Kier alpha value is -4.48. The van der Waals surface area contributed by atoms with E-state index >= 15 is 0 Å².